The third-order valence-corrected chi connectivity index (χ3v) is 7.86. The molecule has 0 aromatic heterocycles. The summed E-state index contributed by atoms with van der Waals surface area (Å²) in [4.78, 5) is 28.0. The number of rotatable bonds is 8. The number of amides is 2. The number of aryl methyl sites for hydroxylation is 1. The lowest BCUT2D eigenvalue weighted by Gasteiger charge is -2.33. The number of benzene rings is 2. The molecule has 0 radical (unpaired) electrons. The first-order valence-corrected chi connectivity index (χ1v) is 12.6. The lowest BCUT2D eigenvalue weighted by Crippen LogP contribution is -2.49. The van der Waals surface area contributed by atoms with Crippen LogP contribution in [0.5, 0.6) is 0 Å². The molecule has 1 N–H and O–H groups in total. The van der Waals surface area contributed by atoms with Crippen LogP contribution in [0.25, 0.3) is 0 Å². The monoisotopic (exact) mass is 472 g/mol. The first-order chi connectivity index (χ1) is 15.7. The van der Waals surface area contributed by atoms with Crippen molar-refractivity contribution in [2.75, 3.05) is 50.7 Å². The van der Waals surface area contributed by atoms with E-state index in [1.807, 2.05) is 12.1 Å². The maximum atomic E-state index is 12.9. The number of para-hydroxylation sites is 1. The summed E-state index contributed by atoms with van der Waals surface area (Å²) in [5, 5.41) is 2.91. The van der Waals surface area contributed by atoms with Crippen molar-refractivity contribution in [3.05, 3.63) is 59.7 Å². The largest absolute Gasteiger partial charge is 0.370 e. The summed E-state index contributed by atoms with van der Waals surface area (Å²) in [5.41, 5.74) is 2.74. The predicted molar refractivity (Wildman–Crippen MR) is 129 cm³/mol. The van der Waals surface area contributed by atoms with E-state index >= 15 is 0 Å². The quantitative estimate of drug-likeness (QED) is 0.636. The molecule has 178 valence electrons. The van der Waals surface area contributed by atoms with E-state index in [1.54, 1.807) is 4.90 Å². The highest BCUT2D eigenvalue weighted by Crippen LogP contribution is 2.20. The maximum absolute atomic E-state index is 12.9. The van der Waals surface area contributed by atoms with Crippen molar-refractivity contribution >= 4 is 27.5 Å². The molecule has 2 aromatic rings. The molecule has 0 aliphatic carbocycles. The maximum Gasteiger partial charge on any atom is 0.251 e. The molecule has 2 aromatic carbocycles. The van der Waals surface area contributed by atoms with Gasteiger partial charge in [-0.2, -0.15) is 4.31 Å². The molecule has 1 heterocycles. The van der Waals surface area contributed by atoms with Crippen LogP contribution < -0.4 is 10.2 Å². The van der Waals surface area contributed by atoms with Crippen molar-refractivity contribution in [1.29, 1.82) is 0 Å². The average molecular weight is 473 g/mol. The first-order valence-electron chi connectivity index (χ1n) is 11.2. The van der Waals surface area contributed by atoms with Gasteiger partial charge in [0.2, 0.25) is 15.9 Å². The highest BCUT2D eigenvalue weighted by atomic mass is 32.2. The number of carbonyl (C=O) groups is 2. The fourth-order valence-corrected chi connectivity index (χ4v) is 5.37. The highest BCUT2D eigenvalue weighted by Gasteiger charge is 2.29. The molecular weight excluding hydrogens is 440 g/mol. The summed E-state index contributed by atoms with van der Waals surface area (Å²) in [6.45, 7) is 8.89. The fourth-order valence-electron chi connectivity index (χ4n) is 3.94. The summed E-state index contributed by atoms with van der Waals surface area (Å²) >= 11 is 0. The molecule has 1 aliphatic heterocycles. The van der Waals surface area contributed by atoms with Gasteiger partial charge in [-0.05, 0) is 49.7 Å². The van der Waals surface area contributed by atoms with Crippen LogP contribution >= 0.6 is 0 Å². The van der Waals surface area contributed by atoms with E-state index in [0.717, 1.165) is 12.2 Å². The molecule has 0 unspecified atom stereocenters. The number of hydrogen-bond acceptors (Lipinski definition) is 5. The first kappa shape index (κ1) is 24.7. The second kappa shape index (κ2) is 10.8. The van der Waals surface area contributed by atoms with Crippen LogP contribution in [-0.2, 0) is 14.8 Å². The van der Waals surface area contributed by atoms with Crippen molar-refractivity contribution in [3.63, 3.8) is 0 Å². The Morgan fingerprint density at radius 1 is 1.00 bits per heavy atom. The second-order valence-electron chi connectivity index (χ2n) is 8.06. The van der Waals surface area contributed by atoms with Gasteiger partial charge in [0, 0.05) is 64.0 Å². The van der Waals surface area contributed by atoms with E-state index in [2.05, 4.69) is 36.2 Å². The van der Waals surface area contributed by atoms with Crippen LogP contribution in [0.3, 0.4) is 0 Å². The van der Waals surface area contributed by atoms with Crippen LogP contribution in [0.4, 0.5) is 5.69 Å². The Kier molecular flexibility index (Phi) is 8.10. The van der Waals surface area contributed by atoms with Crippen molar-refractivity contribution in [2.24, 2.45) is 0 Å². The minimum absolute atomic E-state index is 0.0524. The summed E-state index contributed by atoms with van der Waals surface area (Å²) in [5.74, 6) is -0.293. The molecule has 9 heteroatoms. The predicted octanol–water partition coefficient (Wildman–Crippen LogP) is 2.10. The molecular formula is C24H32N4O4S. The molecule has 1 fully saturated rings. The zero-order valence-electron chi connectivity index (χ0n) is 19.5. The SMILES string of the molecule is CCN(CCNC(=O)c1ccc(S(=O)(=O)N2CCN(C(C)=O)CC2)cc1)c1ccccc1C. The number of anilines is 1. The Morgan fingerprint density at radius 2 is 1.64 bits per heavy atom. The van der Waals surface area contributed by atoms with Gasteiger partial charge in [-0.15, -0.1) is 0 Å². The van der Waals surface area contributed by atoms with Crippen molar-refractivity contribution in [3.8, 4) is 0 Å². The van der Waals surface area contributed by atoms with E-state index in [4.69, 9.17) is 0 Å². The molecule has 3 rings (SSSR count). The van der Waals surface area contributed by atoms with Crippen LogP contribution in [0.2, 0.25) is 0 Å². The molecule has 0 spiro atoms. The number of nitrogens with one attached hydrogen (secondary N) is 1. The minimum atomic E-state index is -3.66. The van der Waals surface area contributed by atoms with Crippen molar-refractivity contribution in [1.82, 2.24) is 14.5 Å². The highest BCUT2D eigenvalue weighted by molar-refractivity contribution is 7.89. The molecule has 0 bridgehead atoms. The zero-order chi connectivity index (χ0) is 24.0. The van der Waals surface area contributed by atoms with E-state index in [9.17, 15) is 18.0 Å². The normalized spacial score (nSPS) is 14.7. The van der Waals surface area contributed by atoms with Crippen LogP contribution in [0.15, 0.2) is 53.4 Å². The van der Waals surface area contributed by atoms with Gasteiger partial charge in [-0.1, -0.05) is 18.2 Å². The Bertz CT molecular complexity index is 1080. The number of piperazine rings is 1. The smallest absolute Gasteiger partial charge is 0.251 e. The van der Waals surface area contributed by atoms with E-state index in [-0.39, 0.29) is 29.8 Å². The van der Waals surface area contributed by atoms with Gasteiger partial charge in [0.1, 0.15) is 0 Å². The second-order valence-corrected chi connectivity index (χ2v) is 9.99. The van der Waals surface area contributed by atoms with E-state index in [1.165, 1.54) is 41.1 Å². The minimum Gasteiger partial charge on any atom is -0.370 e. The lowest BCUT2D eigenvalue weighted by molar-refractivity contribution is -0.129. The van der Waals surface area contributed by atoms with Gasteiger partial charge in [-0.25, -0.2) is 8.42 Å². The summed E-state index contributed by atoms with van der Waals surface area (Å²) in [7, 11) is -3.66. The van der Waals surface area contributed by atoms with E-state index < -0.39 is 10.0 Å². The van der Waals surface area contributed by atoms with Gasteiger partial charge in [-0.3, -0.25) is 9.59 Å². The van der Waals surface area contributed by atoms with Gasteiger partial charge in [0.15, 0.2) is 0 Å². The summed E-state index contributed by atoms with van der Waals surface area (Å²) in [6, 6.07) is 14.1. The zero-order valence-corrected chi connectivity index (χ0v) is 20.3. The van der Waals surface area contributed by atoms with Crippen LogP contribution in [-0.4, -0.2) is 75.3 Å². The molecule has 33 heavy (non-hydrogen) atoms. The average Bonchev–Trinajstić information content (AvgIpc) is 2.82. The summed E-state index contributed by atoms with van der Waals surface area (Å²) in [6.07, 6.45) is 0. The fraction of sp³-hybridized carbons (Fsp3) is 0.417. The van der Waals surface area contributed by atoms with Crippen molar-refractivity contribution in [2.45, 2.75) is 25.7 Å². The molecule has 8 nitrogen and oxygen atoms in total. The molecule has 0 atom stereocenters. The third kappa shape index (κ3) is 5.91. The molecule has 2 amide bonds. The summed E-state index contributed by atoms with van der Waals surface area (Å²) < 4.78 is 27.2. The Labute approximate surface area is 196 Å². The van der Waals surface area contributed by atoms with E-state index in [0.29, 0.717) is 31.7 Å². The number of sulfonamides is 1. The van der Waals surface area contributed by atoms with Crippen molar-refractivity contribution < 1.29 is 18.0 Å². The topological polar surface area (TPSA) is 90.0 Å². The number of likely N-dealkylation sites (N-methyl/N-ethyl adjacent to an activating group) is 1. The van der Waals surface area contributed by atoms with Crippen LogP contribution in [0.1, 0.15) is 29.8 Å². The van der Waals surface area contributed by atoms with Gasteiger partial charge in [0.05, 0.1) is 4.90 Å². The van der Waals surface area contributed by atoms with Gasteiger partial charge in [0.25, 0.3) is 5.91 Å². The Morgan fingerprint density at radius 3 is 2.21 bits per heavy atom. The molecule has 1 saturated heterocycles. The van der Waals surface area contributed by atoms with Crippen LogP contribution in [0, 0.1) is 6.92 Å². The number of carbonyl (C=O) groups excluding carboxylic acids is 2. The lowest BCUT2D eigenvalue weighted by atomic mass is 10.2. The standard InChI is InChI=1S/C24H32N4O4S/c1-4-26(23-8-6-5-7-19(23)2)14-13-25-24(30)21-9-11-22(12-10-21)33(31,32)28-17-15-27(16-18-28)20(3)29/h5-12H,4,13-18H2,1-3H3,(H,25,30). The Hall–Kier alpha value is -2.91. The molecule has 0 saturated carbocycles. The third-order valence-electron chi connectivity index (χ3n) is 5.94. The number of hydrogen-bond donors (Lipinski definition) is 1. The molecule has 1 aliphatic rings. The number of nitrogens with zero attached hydrogens (tertiary/aromatic N) is 3. The van der Waals surface area contributed by atoms with Gasteiger partial charge >= 0.3 is 0 Å². The Balaban J connectivity index is 1.56. The van der Waals surface area contributed by atoms with Gasteiger partial charge < -0.3 is 15.1 Å².